The Balaban J connectivity index is 0.952. The third kappa shape index (κ3) is 10.8. The average Bonchev–Trinajstić information content (AvgIpc) is 1.41. The maximum Gasteiger partial charge on any atom is 0.242 e. The van der Waals surface area contributed by atoms with Crippen molar-refractivity contribution in [1.82, 2.24) is 26.6 Å². The summed E-state index contributed by atoms with van der Waals surface area (Å²) < 4.78 is 37.5. The van der Waals surface area contributed by atoms with Gasteiger partial charge in [0.05, 0.1) is 73.3 Å². The van der Waals surface area contributed by atoms with Gasteiger partial charge in [0.2, 0.25) is 12.2 Å². The molecule has 1 amide bonds. The summed E-state index contributed by atoms with van der Waals surface area (Å²) in [7, 11) is 0. The van der Waals surface area contributed by atoms with Crippen molar-refractivity contribution in [2.45, 2.75) is 199 Å². The third-order valence-electron chi connectivity index (χ3n) is 25.2. The number of benzene rings is 4. The van der Waals surface area contributed by atoms with Gasteiger partial charge in [0, 0.05) is 71.0 Å². The number of fused-ring (bicyclic) bond motifs is 16. The molecule has 4 aromatic carbocycles. The van der Waals surface area contributed by atoms with Crippen LogP contribution in [0.4, 0.5) is 5.69 Å². The van der Waals surface area contributed by atoms with Crippen molar-refractivity contribution < 1.29 is 78.6 Å². The number of nitrogens with one attached hydrogen (secondary N) is 5. The van der Waals surface area contributed by atoms with Crippen molar-refractivity contribution >= 4 is 29.4 Å². The molecule has 102 heavy (non-hydrogen) atoms. The number of aldehydes is 1. The summed E-state index contributed by atoms with van der Waals surface area (Å²) in [6, 6.07) is 19.0. The van der Waals surface area contributed by atoms with Gasteiger partial charge in [-0.3, -0.25) is 30.8 Å². The minimum absolute atomic E-state index is 0.0360. The topological polar surface area (TPSA) is 371 Å². The lowest BCUT2D eigenvalue weighted by atomic mass is 9.57. The number of carbonyl (C=O) groups is 4. The van der Waals surface area contributed by atoms with Crippen molar-refractivity contribution in [2.75, 3.05) is 44.5 Å². The number of carbonyl (C=O) groups excluding carboxylic acids is 4. The molecule has 5 aliphatic carbocycles. The number of nitrogens with zero attached hydrogens (tertiary/aromatic N) is 1. The Morgan fingerprint density at radius 2 is 1.73 bits per heavy atom. The van der Waals surface area contributed by atoms with Crippen molar-refractivity contribution in [3.63, 3.8) is 0 Å². The number of ether oxygens (including phenoxy) is 5. The first kappa shape index (κ1) is 67.7. The van der Waals surface area contributed by atoms with E-state index in [1.54, 1.807) is 12.1 Å². The molecule has 17 rings (SSSR count). The van der Waals surface area contributed by atoms with Crippen LogP contribution in [0.15, 0.2) is 101 Å². The van der Waals surface area contributed by atoms with Gasteiger partial charge in [-0.1, -0.05) is 79.6 Å². The lowest BCUT2D eigenvalue weighted by Crippen LogP contribution is -2.73. The Labute approximate surface area is 590 Å². The van der Waals surface area contributed by atoms with Crippen molar-refractivity contribution in [3.05, 3.63) is 157 Å². The average molecular weight is 1400 g/mol. The summed E-state index contributed by atoms with van der Waals surface area (Å²) >= 11 is 0. The second-order valence-electron chi connectivity index (χ2n) is 30.7. The molecule has 2 saturated carbocycles. The van der Waals surface area contributed by atoms with E-state index in [0.717, 1.165) is 59.1 Å². The van der Waals surface area contributed by atoms with E-state index in [2.05, 4.69) is 56.6 Å². The van der Waals surface area contributed by atoms with Crippen LogP contribution in [-0.2, 0) is 43.2 Å². The molecule has 0 aromatic heterocycles. The van der Waals surface area contributed by atoms with Crippen molar-refractivity contribution in [3.8, 4) is 23.3 Å². The van der Waals surface area contributed by atoms with Gasteiger partial charge in [0.25, 0.3) is 0 Å². The molecule has 4 aromatic rings. The van der Waals surface area contributed by atoms with E-state index < -0.39 is 140 Å². The molecule has 0 unspecified atom stereocenters. The molecule has 16 N–H and O–H groups in total. The standard InChI is InChI=1S/C78H90N8O16/c79-70-60-53(19-25-81-70)77-36-99-67-69(95)78(97)24-18-42(28-38-10-12-41(49(29-38)46(21-27-88)68(77)94)31-54(77)47-16-13-40-6-5-8-55(40)83-61(47)60)57(91)17-14-43-34-100-76(22-3-4-23-76)74(78)102-73(67)101-65-52(58(43)48-7-1-2-9-56(48)86-37-82-62-71(86)84-75(80)85-72(62)96)32-51-59(66(65)98-35-44(90)20-26-87)64(93)50-30-39(33-89)11-15-45(50)63(51)92/h1-2,7,9-12,15,19,26,29-30,32,40,42-44,46,55,57-58,61-62,67-69,71,73-75,81-84,88-91,94-95,97H,3-6,8,13-14,16-17,20-23,25,27-28,31,33-37,79-80H2,(H,85,96)/t40-,42+,43-,44+,46-,55-,57-,58-,61-,62-,67-,68+,69-,71+,73-,74-,75+,77-,78+/m0/s1. The molecule has 4 saturated heterocycles. The van der Waals surface area contributed by atoms with E-state index in [0.29, 0.717) is 78.9 Å². The number of anilines is 1. The fourth-order valence-corrected chi connectivity index (χ4v) is 20.3. The van der Waals surface area contributed by atoms with E-state index in [-0.39, 0.29) is 109 Å². The van der Waals surface area contributed by atoms with E-state index in [9.17, 15) is 45.3 Å². The van der Waals surface area contributed by atoms with Crippen LogP contribution in [0.5, 0.6) is 11.5 Å². The van der Waals surface area contributed by atoms with Gasteiger partial charge < -0.3 is 90.8 Å². The SMILES string of the molecule is NC1=C2C(=CCN1)[C@]13CO[C@@H]4[C@H]5Oc6c(cc7c(c6OC[C@H](O)CC=O)C(=O)c6cc(CO)ccc6C7=O)[C@H](c6ccccc6N6CN[C@@H]7C(=O)N[C@H](N)N[C@@H]76)[C@H]6CC[C@H](O)[C@H](C#C[C@@](O)([C@H]4O)[C@@H](O5)C4(CCCC4)OC6)Cc4ccc(c(c4)[C@H](CCO)[C@H]1O)CC3=C1CC[C@@H]3CCC[C@@H]3N[C@@H]12. The number of para-hydroxylation sites is 1. The molecule has 6 fully saturated rings. The fourth-order valence-electron chi connectivity index (χ4n) is 20.3. The highest BCUT2D eigenvalue weighted by atomic mass is 16.7. The molecule has 8 heterocycles. The van der Waals surface area contributed by atoms with E-state index in [1.165, 1.54) is 12.1 Å². The number of dihydropyridines is 1. The molecule has 2 spiro atoms. The first-order chi connectivity index (χ1) is 49.4. The Bertz CT molecular complexity index is 4260. The number of rotatable bonds is 10. The number of aliphatic hydroxyl groups is 7. The number of hydrogen-bond acceptors (Lipinski definition) is 23. The zero-order chi connectivity index (χ0) is 70.3. The number of ketones is 2. The monoisotopic (exact) mass is 1390 g/mol. The summed E-state index contributed by atoms with van der Waals surface area (Å²) in [5.41, 5.74) is 15.6. The first-order valence-corrected chi connectivity index (χ1v) is 36.7. The Morgan fingerprint density at radius 3 is 2.55 bits per heavy atom. The minimum Gasteiger partial charge on any atom is -0.486 e. The van der Waals surface area contributed by atoms with Crippen LogP contribution in [0.2, 0.25) is 0 Å². The smallest absolute Gasteiger partial charge is 0.242 e. The zero-order valence-electron chi connectivity index (χ0n) is 56.8. The van der Waals surface area contributed by atoms with Gasteiger partial charge in [0.15, 0.2) is 28.7 Å². The molecular weight excluding hydrogens is 1300 g/mol. The number of nitrogens with two attached hydrogens (primary N) is 2. The summed E-state index contributed by atoms with van der Waals surface area (Å²) in [6.45, 7) is -1.49. The molecule has 24 nitrogen and oxygen atoms in total. The number of hydrogen-bond donors (Lipinski definition) is 14. The predicted molar refractivity (Wildman–Crippen MR) is 369 cm³/mol. The van der Waals surface area contributed by atoms with Crippen molar-refractivity contribution in [2.24, 2.45) is 34.6 Å². The second kappa shape index (κ2) is 26.3. The molecule has 8 aliphatic heterocycles. The van der Waals surface area contributed by atoms with Crippen LogP contribution in [0.3, 0.4) is 0 Å². The molecule has 24 heteroatoms. The van der Waals surface area contributed by atoms with E-state index >= 15 is 9.59 Å². The molecular formula is C78H90N8O16. The predicted octanol–water partition coefficient (Wildman–Crippen LogP) is 2.31. The number of amides is 1. The fraction of sp³-hybridized carbons (Fsp3) is 0.538. The minimum atomic E-state index is -2.60. The lowest BCUT2D eigenvalue weighted by Gasteiger charge is -2.54. The normalized spacial score (nSPS) is 35.8. The van der Waals surface area contributed by atoms with Crippen LogP contribution >= 0.6 is 0 Å². The van der Waals surface area contributed by atoms with Gasteiger partial charge >= 0.3 is 0 Å². The van der Waals surface area contributed by atoms with E-state index in [1.807, 2.05) is 35.2 Å². The third-order valence-corrected chi connectivity index (χ3v) is 25.2. The zero-order valence-corrected chi connectivity index (χ0v) is 56.8. The first-order valence-electron chi connectivity index (χ1n) is 36.7. The summed E-state index contributed by atoms with van der Waals surface area (Å²) in [6.07, 6.45) is -3.53. The van der Waals surface area contributed by atoms with Crippen LogP contribution < -0.4 is 52.4 Å². The highest BCUT2D eigenvalue weighted by Crippen LogP contribution is 2.61. The Hall–Kier alpha value is -7.42. The highest BCUT2D eigenvalue weighted by Gasteiger charge is 2.66. The molecule has 0 radical (unpaired) electrons. The van der Waals surface area contributed by atoms with Gasteiger partial charge in [-0.05, 0) is 151 Å². The molecule has 538 valence electrons. The van der Waals surface area contributed by atoms with Crippen LogP contribution in [0.25, 0.3) is 0 Å². The van der Waals surface area contributed by atoms with Gasteiger partial charge in [-0.15, -0.1) is 0 Å². The van der Waals surface area contributed by atoms with E-state index in [4.69, 9.17) is 35.2 Å². The summed E-state index contributed by atoms with van der Waals surface area (Å²) in [4.78, 5) is 59.8. The quantitative estimate of drug-likeness (QED) is 0.0542. The molecule has 13 aliphatic rings. The van der Waals surface area contributed by atoms with Crippen molar-refractivity contribution in [1.29, 1.82) is 0 Å². The Kier molecular flexibility index (Phi) is 17.5. The largest absolute Gasteiger partial charge is 0.486 e. The van der Waals surface area contributed by atoms with Gasteiger partial charge in [-0.25, -0.2) is 0 Å². The number of aliphatic hydroxyl groups excluding tert-OH is 6. The molecule has 9 bridgehead atoms. The van der Waals surface area contributed by atoms with Crippen LogP contribution in [0.1, 0.15) is 161 Å². The lowest BCUT2D eigenvalue weighted by molar-refractivity contribution is -0.337. The molecule has 19 atom stereocenters. The summed E-state index contributed by atoms with van der Waals surface area (Å²) in [5, 5.41) is 107. The van der Waals surface area contributed by atoms with Gasteiger partial charge in [-0.2, -0.15) is 0 Å². The second-order valence-corrected chi connectivity index (χ2v) is 30.7. The van der Waals surface area contributed by atoms with Crippen LogP contribution in [0, 0.1) is 35.0 Å². The maximum absolute atomic E-state index is 15.9. The van der Waals surface area contributed by atoms with Crippen LogP contribution in [-0.4, -0.2) is 184 Å². The summed E-state index contributed by atoms with van der Waals surface area (Å²) in [5.74, 6) is 1.76. The van der Waals surface area contributed by atoms with Gasteiger partial charge in [0.1, 0.15) is 55.5 Å². The maximum atomic E-state index is 15.9. The Morgan fingerprint density at radius 1 is 0.882 bits per heavy atom. The highest BCUT2D eigenvalue weighted by molar-refractivity contribution is 6.29.